The van der Waals surface area contributed by atoms with Gasteiger partial charge in [-0.3, -0.25) is 0 Å². The van der Waals surface area contributed by atoms with Crippen molar-refractivity contribution in [1.82, 2.24) is 5.32 Å². The first-order chi connectivity index (χ1) is 8.91. The molecule has 0 rings (SSSR count). The van der Waals surface area contributed by atoms with E-state index in [0.717, 1.165) is 32.2 Å². The number of hydrogen-bond donors (Lipinski definition) is 1. The van der Waals surface area contributed by atoms with Crippen LogP contribution in [0.4, 0.5) is 8.78 Å². The molecule has 19 heavy (non-hydrogen) atoms. The Morgan fingerprint density at radius 2 is 1.89 bits per heavy atom. The fourth-order valence-corrected chi connectivity index (χ4v) is 1.72. The summed E-state index contributed by atoms with van der Waals surface area (Å²) < 4.78 is 34.2. The largest absolute Gasteiger partial charge is 0.379 e. The van der Waals surface area contributed by atoms with Crippen molar-refractivity contribution >= 4 is 0 Å². The molecular formula is C14H29F2NO2. The van der Waals surface area contributed by atoms with Gasteiger partial charge >= 0.3 is 0 Å². The van der Waals surface area contributed by atoms with Crippen LogP contribution in [0.2, 0.25) is 0 Å². The topological polar surface area (TPSA) is 30.5 Å². The molecule has 0 bridgehead atoms. The van der Waals surface area contributed by atoms with Gasteiger partial charge in [0.1, 0.15) is 6.61 Å². The molecule has 116 valence electrons. The van der Waals surface area contributed by atoms with Crippen LogP contribution < -0.4 is 5.32 Å². The molecule has 0 aliphatic carbocycles. The van der Waals surface area contributed by atoms with Crippen LogP contribution in [-0.4, -0.2) is 44.9 Å². The van der Waals surface area contributed by atoms with E-state index in [0.29, 0.717) is 12.6 Å². The van der Waals surface area contributed by atoms with E-state index in [2.05, 4.69) is 26.1 Å². The molecule has 0 spiro atoms. The standard InChI is InChI=1S/C14H29F2NO2/c1-5-9-17-12(6-8-14(2,3)18-4)7-10-19-11-13(15)16/h12-13,17H,5-11H2,1-4H3. The Bertz CT molecular complexity index is 214. The molecule has 0 saturated heterocycles. The van der Waals surface area contributed by atoms with Crippen LogP contribution >= 0.6 is 0 Å². The molecular weight excluding hydrogens is 252 g/mol. The van der Waals surface area contributed by atoms with Gasteiger partial charge in [0.25, 0.3) is 6.43 Å². The molecule has 5 heteroatoms. The maximum atomic E-state index is 12.0. The lowest BCUT2D eigenvalue weighted by Crippen LogP contribution is -2.34. The van der Waals surface area contributed by atoms with Gasteiger partial charge in [0.2, 0.25) is 0 Å². The van der Waals surface area contributed by atoms with E-state index in [-0.39, 0.29) is 5.60 Å². The first-order valence-electron chi connectivity index (χ1n) is 7.05. The van der Waals surface area contributed by atoms with Crippen molar-refractivity contribution in [3.63, 3.8) is 0 Å². The number of rotatable bonds is 12. The van der Waals surface area contributed by atoms with Gasteiger partial charge in [-0.25, -0.2) is 8.78 Å². The third-order valence-electron chi connectivity index (χ3n) is 3.18. The summed E-state index contributed by atoms with van der Waals surface area (Å²) in [6.45, 7) is 7.06. The fourth-order valence-electron chi connectivity index (χ4n) is 1.72. The average molecular weight is 281 g/mol. The van der Waals surface area contributed by atoms with E-state index in [1.807, 2.05) is 0 Å². The van der Waals surface area contributed by atoms with E-state index in [1.165, 1.54) is 0 Å². The van der Waals surface area contributed by atoms with Gasteiger partial charge in [0, 0.05) is 19.8 Å². The predicted octanol–water partition coefficient (Wildman–Crippen LogP) is 3.23. The average Bonchev–Trinajstić information content (AvgIpc) is 2.36. The van der Waals surface area contributed by atoms with Crippen molar-refractivity contribution < 1.29 is 18.3 Å². The molecule has 0 radical (unpaired) electrons. The number of ether oxygens (including phenoxy) is 2. The third kappa shape index (κ3) is 11.3. The van der Waals surface area contributed by atoms with Crippen LogP contribution in [-0.2, 0) is 9.47 Å². The Morgan fingerprint density at radius 1 is 1.21 bits per heavy atom. The summed E-state index contributed by atoms with van der Waals surface area (Å²) in [4.78, 5) is 0. The van der Waals surface area contributed by atoms with Gasteiger partial charge in [-0.1, -0.05) is 6.92 Å². The van der Waals surface area contributed by atoms with Crippen molar-refractivity contribution in [2.24, 2.45) is 0 Å². The lowest BCUT2D eigenvalue weighted by atomic mass is 9.97. The molecule has 1 unspecified atom stereocenters. The second-order valence-electron chi connectivity index (χ2n) is 5.41. The summed E-state index contributed by atoms with van der Waals surface area (Å²) in [7, 11) is 1.71. The molecule has 0 saturated carbocycles. The van der Waals surface area contributed by atoms with E-state index in [1.54, 1.807) is 7.11 Å². The molecule has 0 aliphatic rings. The second-order valence-corrected chi connectivity index (χ2v) is 5.41. The predicted molar refractivity (Wildman–Crippen MR) is 73.8 cm³/mol. The molecule has 0 aromatic rings. The van der Waals surface area contributed by atoms with Crippen molar-refractivity contribution in [2.75, 3.05) is 26.9 Å². The quantitative estimate of drug-likeness (QED) is 0.557. The van der Waals surface area contributed by atoms with Crippen LogP contribution in [0.15, 0.2) is 0 Å². The zero-order valence-electron chi connectivity index (χ0n) is 12.7. The minimum atomic E-state index is -2.38. The monoisotopic (exact) mass is 281 g/mol. The molecule has 0 heterocycles. The van der Waals surface area contributed by atoms with Crippen LogP contribution in [0, 0.1) is 0 Å². The summed E-state index contributed by atoms with van der Waals surface area (Å²) >= 11 is 0. The number of alkyl halides is 2. The Kier molecular flexibility index (Phi) is 10.4. The second kappa shape index (κ2) is 10.5. The number of nitrogens with one attached hydrogen (secondary N) is 1. The lowest BCUT2D eigenvalue weighted by Gasteiger charge is -2.26. The van der Waals surface area contributed by atoms with E-state index in [4.69, 9.17) is 9.47 Å². The Labute approximate surface area is 116 Å². The van der Waals surface area contributed by atoms with Crippen LogP contribution in [0.5, 0.6) is 0 Å². The summed E-state index contributed by atoms with van der Waals surface area (Å²) in [5.74, 6) is 0. The molecule has 0 aliphatic heterocycles. The Balaban J connectivity index is 3.94. The first-order valence-corrected chi connectivity index (χ1v) is 7.05. The summed E-state index contributed by atoms with van der Waals surface area (Å²) in [5.41, 5.74) is -0.143. The number of methoxy groups -OCH3 is 1. The SMILES string of the molecule is CCCNC(CCOCC(F)F)CCC(C)(C)OC. The zero-order valence-corrected chi connectivity index (χ0v) is 12.7. The van der Waals surface area contributed by atoms with Crippen molar-refractivity contribution in [3.8, 4) is 0 Å². The molecule has 0 amide bonds. The van der Waals surface area contributed by atoms with Crippen LogP contribution in [0.1, 0.15) is 46.5 Å². The van der Waals surface area contributed by atoms with E-state index >= 15 is 0 Å². The van der Waals surface area contributed by atoms with Gasteiger partial charge in [0.15, 0.2) is 0 Å². The highest BCUT2D eigenvalue weighted by atomic mass is 19.3. The highest BCUT2D eigenvalue weighted by Gasteiger charge is 2.19. The number of halogens is 2. The maximum absolute atomic E-state index is 12.0. The maximum Gasteiger partial charge on any atom is 0.261 e. The van der Waals surface area contributed by atoms with Crippen LogP contribution in [0.3, 0.4) is 0 Å². The normalized spacial score (nSPS) is 14.1. The number of hydrogen-bond acceptors (Lipinski definition) is 3. The highest BCUT2D eigenvalue weighted by Crippen LogP contribution is 2.17. The summed E-state index contributed by atoms with van der Waals surface area (Å²) in [5, 5.41) is 3.43. The van der Waals surface area contributed by atoms with Gasteiger partial charge in [0.05, 0.1) is 5.60 Å². The molecule has 3 nitrogen and oxygen atoms in total. The molecule has 1 atom stereocenters. The summed E-state index contributed by atoms with van der Waals surface area (Å²) in [6.07, 6.45) is 1.32. The Hall–Kier alpha value is -0.260. The molecule has 1 N–H and O–H groups in total. The lowest BCUT2D eigenvalue weighted by molar-refractivity contribution is 0.00500. The van der Waals surface area contributed by atoms with Gasteiger partial charge < -0.3 is 14.8 Å². The van der Waals surface area contributed by atoms with Crippen molar-refractivity contribution in [2.45, 2.75) is 64.5 Å². The highest BCUT2D eigenvalue weighted by molar-refractivity contribution is 4.74. The van der Waals surface area contributed by atoms with Gasteiger partial charge in [-0.05, 0) is 46.1 Å². The Morgan fingerprint density at radius 3 is 2.42 bits per heavy atom. The molecule has 0 aromatic carbocycles. The molecule has 0 fully saturated rings. The van der Waals surface area contributed by atoms with Crippen molar-refractivity contribution in [1.29, 1.82) is 0 Å². The van der Waals surface area contributed by atoms with E-state index < -0.39 is 13.0 Å². The fraction of sp³-hybridized carbons (Fsp3) is 1.00. The van der Waals surface area contributed by atoms with Gasteiger partial charge in [-0.15, -0.1) is 0 Å². The smallest absolute Gasteiger partial charge is 0.261 e. The first kappa shape index (κ1) is 18.7. The molecule has 0 aromatic heterocycles. The zero-order chi connectivity index (χ0) is 14.7. The minimum absolute atomic E-state index is 0.143. The van der Waals surface area contributed by atoms with Crippen molar-refractivity contribution in [3.05, 3.63) is 0 Å². The van der Waals surface area contributed by atoms with Gasteiger partial charge in [-0.2, -0.15) is 0 Å². The minimum Gasteiger partial charge on any atom is -0.379 e. The van der Waals surface area contributed by atoms with E-state index in [9.17, 15) is 8.78 Å². The summed E-state index contributed by atoms with van der Waals surface area (Å²) in [6, 6.07) is 0.298. The third-order valence-corrected chi connectivity index (χ3v) is 3.18. The van der Waals surface area contributed by atoms with Crippen LogP contribution in [0.25, 0.3) is 0 Å².